The molecule has 0 radical (unpaired) electrons. The molecule has 21 heavy (non-hydrogen) atoms. The second-order valence-electron chi connectivity index (χ2n) is 5.73. The number of benzene rings is 1. The number of aliphatic carboxylic acids is 1. The first kappa shape index (κ1) is 15.9. The van der Waals surface area contributed by atoms with E-state index in [1.807, 2.05) is 12.1 Å². The van der Waals surface area contributed by atoms with E-state index >= 15 is 0 Å². The Morgan fingerprint density at radius 3 is 2.76 bits per heavy atom. The van der Waals surface area contributed by atoms with Gasteiger partial charge in [0.15, 0.2) is 0 Å². The van der Waals surface area contributed by atoms with Gasteiger partial charge in [-0.25, -0.2) is 4.79 Å². The zero-order chi connectivity index (χ0) is 15.2. The van der Waals surface area contributed by atoms with Crippen molar-refractivity contribution >= 4 is 29.3 Å². The fraction of sp³-hybridized carbons (Fsp3) is 0.471. The van der Waals surface area contributed by atoms with Crippen LogP contribution in [0.15, 0.2) is 24.3 Å². The van der Waals surface area contributed by atoms with Crippen LogP contribution in [0.5, 0.6) is 0 Å². The molecule has 2 rings (SSSR count). The van der Waals surface area contributed by atoms with Crippen molar-refractivity contribution in [3.63, 3.8) is 0 Å². The molecule has 1 aliphatic rings. The zero-order valence-electron chi connectivity index (χ0n) is 12.4. The van der Waals surface area contributed by atoms with E-state index in [0.29, 0.717) is 5.02 Å². The fourth-order valence-corrected chi connectivity index (χ4v) is 3.27. The van der Waals surface area contributed by atoms with Gasteiger partial charge in [0.05, 0.1) is 0 Å². The molecule has 0 spiro atoms. The number of rotatable bonds is 5. The molecule has 0 heterocycles. The van der Waals surface area contributed by atoms with Crippen LogP contribution in [-0.2, 0) is 4.79 Å². The summed E-state index contributed by atoms with van der Waals surface area (Å²) in [6, 6.07) is 5.70. The SMILES string of the molecule is CN(CC1CCCCC1)c1cccc(Cl)c1C=CC(=O)O. The summed E-state index contributed by atoms with van der Waals surface area (Å²) < 4.78 is 0. The Hall–Kier alpha value is -1.48. The van der Waals surface area contributed by atoms with Crippen molar-refractivity contribution in [2.24, 2.45) is 5.92 Å². The highest BCUT2D eigenvalue weighted by Crippen LogP contribution is 2.31. The number of hydrogen-bond acceptors (Lipinski definition) is 2. The maximum absolute atomic E-state index is 10.7. The largest absolute Gasteiger partial charge is 0.478 e. The lowest BCUT2D eigenvalue weighted by Crippen LogP contribution is -2.27. The van der Waals surface area contributed by atoms with Crippen LogP contribution in [0.1, 0.15) is 37.7 Å². The van der Waals surface area contributed by atoms with E-state index in [4.69, 9.17) is 16.7 Å². The second kappa shape index (κ2) is 7.51. The third kappa shape index (κ3) is 4.50. The van der Waals surface area contributed by atoms with Crippen LogP contribution >= 0.6 is 11.6 Å². The quantitative estimate of drug-likeness (QED) is 0.817. The van der Waals surface area contributed by atoms with Gasteiger partial charge in [0, 0.05) is 35.9 Å². The molecule has 0 aliphatic heterocycles. The zero-order valence-corrected chi connectivity index (χ0v) is 13.1. The van der Waals surface area contributed by atoms with Gasteiger partial charge in [0.25, 0.3) is 0 Å². The molecular formula is C17H22ClNO2. The third-order valence-electron chi connectivity index (χ3n) is 4.09. The number of anilines is 1. The van der Waals surface area contributed by atoms with Gasteiger partial charge in [-0.2, -0.15) is 0 Å². The van der Waals surface area contributed by atoms with Gasteiger partial charge in [0.2, 0.25) is 0 Å². The van der Waals surface area contributed by atoms with E-state index in [1.54, 1.807) is 12.1 Å². The maximum Gasteiger partial charge on any atom is 0.328 e. The average Bonchev–Trinajstić information content (AvgIpc) is 2.46. The van der Waals surface area contributed by atoms with Crippen molar-refractivity contribution in [3.8, 4) is 0 Å². The normalized spacial score (nSPS) is 16.3. The number of carboxylic acids is 1. The molecule has 1 fully saturated rings. The number of halogens is 1. The minimum absolute atomic E-state index is 0.584. The summed E-state index contributed by atoms with van der Waals surface area (Å²) in [7, 11) is 2.05. The Kier molecular flexibility index (Phi) is 5.68. The molecule has 4 heteroatoms. The number of carboxylic acid groups (broad SMARTS) is 1. The summed E-state index contributed by atoms with van der Waals surface area (Å²) >= 11 is 6.23. The van der Waals surface area contributed by atoms with Crippen LogP contribution in [0.4, 0.5) is 5.69 Å². The van der Waals surface area contributed by atoms with Gasteiger partial charge in [-0.1, -0.05) is 36.9 Å². The fourth-order valence-electron chi connectivity index (χ4n) is 3.03. The lowest BCUT2D eigenvalue weighted by molar-refractivity contribution is -0.131. The highest BCUT2D eigenvalue weighted by Gasteiger charge is 2.17. The Bertz CT molecular complexity index is 522. The second-order valence-corrected chi connectivity index (χ2v) is 6.14. The summed E-state index contributed by atoms with van der Waals surface area (Å²) in [5.74, 6) is -0.241. The molecule has 0 saturated heterocycles. The molecule has 0 aromatic heterocycles. The lowest BCUT2D eigenvalue weighted by atomic mass is 9.89. The van der Waals surface area contributed by atoms with Crippen LogP contribution in [0.25, 0.3) is 6.08 Å². The molecule has 0 amide bonds. The first-order chi connectivity index (χ1) is 10.1. The summed E-state index contributed by atoms with van der Waals surface area (Å²) in [4.78, 5) is 12.9. The number of carbonyl (C=O) groups is 1. The average molecular weight is 308 g/mol. The van der Waals surface area contributed by atoms with Crippen molar-refractivity contribution in [3.05, 3.63) is 34.9 Å². The lowest BCUT2D eigenvalue weighted by Gasteiger charge is -2.29. The summed E-state index contributed by atoms with van der Waals surface area (Å²) in [6.45, 7) is 0.994. The highest BCUT2D eigenvalue weighted by molar-refractivity contribution is 6.32. The predicted molar refractivity (Wildman–Crippen MR) is 88.0 cm³/mol. The predicted octanol–water partition coefficient (Wildman–Crippen LogP) is 4.45. The molecule has 0 atom stereocenters. The number of hydrogen-bond donors (Lipinski definition) is 1. The van der Waals surface area contributed by atoms with Gasteiger partial charge in [-0.3, -0.25) is 0 Å². The standard InChI is InChI=1S/C17H22ClNO2/c1-19(12-13-6-3-2-4-7-13)16-9-5-8-15(18)14(16)10-11-17(20)21/h5,8-11,13H,2-4,6-7,12H2,1H3,(H,20,21). The van der Waals surface area contributed by atoms with Crippen molar-refractivity contribution in [2.45, 2.75) is 32.1 Å². The van der Waals surface area contributed by atoms with E-state index < -0.39 is 5.97 Å². The minimum Gasteiger partial charge on any atom is -0.478 e. The molecule has 1 aromatic carbocycles. The first-order valence-electron chi connectivity index (χ1n) is 7.48. The van der Waals surface area contributed by atoms with Crippen LogP contribution in [-0.4, -0.2) is 24.7 Å². The maximum atomic E-state index is 10.7. The molecule has 1 aliphatic carbocycles. The Balaban J connectivity index is 2.17. The summed E-state index contributed by atoms with van der Waals surface area (Å²) in [5, 5.41) is 9.40. The van der Waals surface area contributed by atoms with E-state index in [2.05, 4.69) is 11.9 Å². The van der Waals surface area contributed by atoms with E-state index in [1.165, 1.54) is 32.1 Å². The molecule has 0 bridgehead atoms. The van der Waals surface area contributed by atoms with Crippen LogP contribution in [0, 0.1) is 5.92 Å². The van der Waals surface area contributed by atoms with Crippen molar-refractivity contribution in [1.82, 2.24) is 0 Å². The first-order valence-corrected chi connectivity index (χ1v) is 7.86. The van der Waals surface area contributed by atoms with Gasteiger partial charge in [-0.15, -0.1) is 0 Å². The van der Waals surface area contributed by atoms with Gasteiger partial charge >= 0.3 is 5.97 Å². The highest BCUT2D eigenvalue weighted by atomic mass is 35.5. The topological polar surface area (TPSA) is 40.5 Å². The van der Waals surface area contributed by atoms with Crippen LogP contribution in [0.2, 0.25) is 5.02 Å². The van der Waals surface area contributed by atoms with Crippen LogP contribution in [0.3, 0.4) is 0 Å². The Morgan fingerprint density at radius 1 is 1.38 bits per heavy atom. The molecular weight excluding hydrogens is 286 g/mol. The monoisotopic (exact) mass is 307 g/mol. The van der Waals surface area contributed by atoms with Crippen LogP contribution < -0.4 is 4.90 Å². The minimum atomic E-state index is -0.962. The molecule has 1 saturated carbocycles. The molecule has 0 unspecified atom stereocenters. The van der Waals surface area contributed by atoms with Crippen molar-refractivity contribution < 1.29 is 9.90 Å². The van der Waals surface area contributed by atoms with Gasteiger partial charge < -0.3 is 10.0 Å². The summed E-state index contributed by atoms with van der Waals surface area (Å²) in [5.41, 5.74) is 1.77. The summed E-state index contributed by atoms with van der Waals surface area (Å²) in [6.07, 6.45) is 9.27. The van der Waals surface area contributed by atoms with Crippen molar-refractivity contribution in [2.75, 3.05) is 18.5 Å². The Labute approximate surface area is 131 Å². The van der Waals surface area contributed by atoms with E-state index in [9.17, 15) is 4.79 Å². The third-order valence-corrected chi connectivity index (χ3v) is 4.42. The smallest absolute Gasteiger partial charge is 0.328 e. The van der Waals surface area contributed by atoms with Gasteiger partial charge in [-0.05, 0) is 37.0 Å². The van der Waals surface area contributed by atoms with E-state index in [-0.39, 0.29) is 0 Å². The molecule has 1 aromatic rings. The Morgan fingerprint density at radius 2 is 2.10 bits per heavy atom. The van der Waals surface area contributed by atoms with Gasteiger partial charge in [0.1, 0.15) is 0 Å². The molecule has 1 N–H and O–H groups in total. The number of nitrogens with zero attached hydrogens (tertiary/aromatic N) is 1. The molecule has 114 valence electrons. The van der Waals surface area contributed by atoms with E-state index in [0.717, 1.165) is 29.8 Å². The van der Waals surface area contributed by atoms with Crippen molar-refractivity contribution in [1.29, 1.82) is 0 Å². The molecule has 3 nitrogen and oxygen atoms in total.